The number of sulfonamides is 1. The molecule has 0 amide bonds. The van der Waals surface area contributed by atoms with Gasteiger partial charge in [0, 0.05) is 25.2 Å². The van der Waals surface area contributed by atoms with Gasteiger partial charge in [0.1, 0.15) is 17.7 Å². The molecule has 6 nitrogen and oxygen atoms in total. The molecule has 23 heavy (non-hydrogen) atoms. The van der Waals surface area contributed by atoms with Gasteiger partial charge in [-0.25, -0.2) is 22.5 Å². The Balaban J connectivity index is 1.81. The quantitative estimate of drug-likeness (QED) is 0.921. The van der Waals surface area contributed by atoms with Crippen LogP contribution in [0.3, 0.4) is 0 Å². The van der Waals surface area contributed by atoms with Crippen LogP contribution in [0.4, 0.5) is 4.39 Å². The molecule has 0 fully saturated rings. The van der Waals surface area contributed by atoms with Crippen LogP contribution in [-0.2, 0) is 23.0 Å². The van der Waals surface area contributed by atoms with E-state index < -0.39 is 15.8 Å². The molecule has 0 spiro atoms. The summed E-state index contributed by atoms with van der Waals surface area (Å²) in [5.41, 5.74) is 0.616. The fraction of sp³-hybridized carbons (Fsp3) is 0.333. The van der Waals surface area contributed by atoms with Crippen molar-refractivity contribution >= 4 is 10.0 Å². The van der Waals surface area contributed by atoms with Gasteiger partial charge in [0.25, 0.3) is 0 Å². The summed E-state index contributed by atoms with van der Waals surface area (Å²) >= 11 is 0. The highest BCUT2D eigenvalue weighted by Crippen LogP contribution is 2.19. The summed E-state index contributed by atoms with van der Waals surface area (Å²) < 4.78 is 42.8. The van der Waals surface area contributed by atoms with Crippen LogP contribution in [0, 0.1) is 24.1 Å². The van der Waals surface area contributed by atoms with Crippen LogP contribution in [0.1, 0.15) is 23.5 Å². The highest BCUT2D eigenvalue weighted by Gasteiger charge is 2.25. The van der Waals surface area contributed by atoms with Crippen molar-refractivity contribution in [2.24, 2.45) is 0 Å². The molecule has 1 atom stereocenters. The first-order chi connectivity index (χ1) is 10.9. The van der Waals surface area contributed by atoms with E-state index in [0.29, 0.717) is 19.4 Å². The summed E-state index contributed by atoms with van der Waals surface area (Å²) in [7, 11) is -3.81. The summed E-state index contributed by atoms with van der Waals surface area (Å²) in [6.45, 7) is 2.40. The van der Waals surface area contributed by atoms with E-state index in [9.17, 15) is 12.8 Å². The summed E-state index contributed by atoms with van der Waals surface area (Å²) in [6.07, 6.45) is 3.22. The lowest BCUT2D eigenvalue weighted by Gasteiger charge is -2.24. The van der Waals surface area contributed by atoms with Gasteiger partial charge in [-0.05, 0) is 31.5 Å². The molecular weight excluding hydrogens is 319 g/mol. The molecule has 8 heteroatoms. The molecule has 0 radical (unpaired) electrons. The molecule has 0 bridgehead atoms. The van der Waals surface area contributed by atoms with Gasteiger partial charge in [-0.15, -0.1) is 0 Å². The lowest BCUT2D eigenvalue weighted by molar-refractivity contribution is 0.421. The van der Waals surface area contributed by atoms with Gasteiger partial charge in [-0.2, -0.15) is 5.26 Å². The SMILES string of the molecule is Cc1cn2c(n1)CC[C@H](NS(=O)(=O)c1ccc(F)c(C#N)c1)C2. The minimum Gasteiger partial charge on any atom is -0.333 e. The van der Waals surface area contributed by atoms with Crippen molar-refractivity contribution in [3.63, 3.8) is 0 Å². The molecule has 0 unspecified atom stereocenters. The summed E-state index contributed by atoms with van der Waals surface area (Å²) in [4.78, 5) is 4.27. The zero-order chi connectivity index (χ0) is 16.6. The Bertz CT molecular complexity index is 899. The number of nitrogens with zero attached hydrogens (tertiary/aromatic N) is 3. The Morgan fingerprint density at radius 1 is 1.48 bits per heavy atom. The number of rotatable bonds is 3. The van der Waals surface area contributed by atoms with Crippen molar-refractivity contribution in [1.29, 1.82) is 5.26 Å². The van der Waals surface area contributed by atoms with Gasteiger partial charge in [-0.3, -0.25) is 0 Å². The molecule has 1 N–H and O–H groups in total. The second kappa shape index (κ2) is 5.76. The average molecular weight is 334 g/mol. The van der Waals surface area contributed by atoms with Crippen molar-refractivity contribution in [3.8, 4) is 6.07 Å². The van der Waals surface area contributed by atoms with Crippen LogP contribution in [0.25, 0.3) is 0 Å². The van der Waals surface area contributed by atoms with Crippen LogP contribution in [0.5, 0.6) is 0 Å². The maximum absolute atomic E-state index is 13.3. The van der Waals surface area contributed by atoms with E-state index in [2.05, 4.69) is 9.71 Å². The number of hydrogen-bond acceptors (Lipinski definition) is 4. The highest BCUT2D eigenvalue weighted by molar-refractivity contribution is 7.89. The van der Waals surface area contributed by atoms with E-state index in [1.807, 2.05) is 17.7 Å². The Kier molecular flexibility index (Phi) is 3.92. The maximum Gasteiger partial charge on any atom is 0.240 e. The Hall–Kier alpha value is -2.24. The number of nitriles is 1. The van der Waals surface area contributed by atoms with Gasteiger partial charge in [0.15, 0.2) is 0 Å². The smallest absolute Gasteiger partial charge is 0.240 e. The number of nitrogens with one attached hydrogen (secondary N) is 1. The molecule has 1 aliphatic rings. The number of aryl methyl sites for hydroxylation is 2. The van der Waals surface area contributed by atoms with Crippen LogP contribution in [0.15, 0.2) is 29.3 Å². The maximum atomic E-state index is 13.3. The number of benzene rings is 1. The molecule has 1 aliphatic heterocycles. The van der Waals surface area contributed by atoms with Crippen molar-refractivity contribution in [2.45, 2.75) is 37.2 Å². The van der Waals surface area contributed by atoms with Gasteiger partial charge < -0.3 is 4.57 Å². The fourth-order valence-corrected chi connectivity index (χ4v) is 4.01. The average Bonchev–Trinajstić information content (AvgIpc) is 2.86. The second-order valence-electron chi connectivity index (χ2n) is 5.56. The monoisotopic (exact) mass is 334 g/mol. The molecule has 0 saturated heterocycles. The van der Waals surface area contributed by atoms with Crippen molar-refractivity contribution in [3.05, 3.63) is 47.3 Å². The molecular formula is C15H15FN4O2S. The first kappa shape index (κ1) is 15.6. The fourth-order valence-electron chi connectivity index (χ4n) is 2.73. The normalized spacial score (nSPS) is 17.5. The molecule has 1 aromatic heterocycles. The number of hydrogen-bond donors (Lipinski definition) is 1. The van der Waals surface area contributed by atoms with Crippen molar-refractivity contribution < 1.29 is 12.8 Å². The van der Waals surface area contributed by atoms with Crippen LogP contribution in [-0.4, -0.2) is 24.0 Å². The third-order valence-corrected chi connectivity index (χ3v) is 5.32. The Morgan fingerprint density at radius 3 is 3.00 bits per heavy atom. The van der Waals surface area contributed by atoms with Gasteiger partial charge >= 0.3 is 0 Å². The minimum atomic E-state index is -3.81. The van der Waals surface area contributed by atoms with Crippen LogP contribution in [0.2, 0.25) is 0 Å². The van der Waals surface area contributed by atoms with Crippen molar-refractivity contribution in [1.82, 2.24) is 14.3 Å². The molecule has 0 aliphatic carbocycles. The lowest BCUT2D eigenvalue weighted by Crippen LogP contribution is -2.40. The third-order valence-electron chi connectivity index (χ3n) is 3.80. The van der Waals surface area contributed by atoms with Gasteiger partial charge in [-0.1, -0.05) is 0 Å². The standard InChI is InChI=1S/C15H15FN4O2S/c1-10-8-20-9-12(2-5-15(20)18-10)19-23(21,22)13-3-4-14(16)11(6-13)7-17/h3-4,6,8,12,19H,2,5,9H2,1H3/t12-/m0/s1. The minimum absolute atomic E-state index is 0.108. The Labute approximate surface area is 133 Å². The predicted octanol–water partition coefficient (Wildman–Crippen LogP) is 1.50. The number of fused-ring (bicyclic) bond motifs is 1. The zero-order valence-electron chi connectivity index (χ0n) is 12.5. The van der Waals surface area contributed by atoms with E-state index in [1.165, 1.54) is 0 Å². The highest BCUT2D eigenvalue weighted by atomic mass is 32.2. The first-order valence-corrected chi connectivity index (χ1v) is 8.62. The molecule has 120 valence electrons. The largest absolute Gasteiger partial charge is 0.333 e. The van der Waals surface area contributed by atoms with Gasteiger partial charge in [0.05, 0.1) is 16.2 Å². The summed E-state index contributed by atoms with van der Waals surface area (Å²) in [6, 6.07) is 4.58. The second-order valence-corrected chi connectivity index (χ2v) is 7.28. The van der Waals surface area contributed by atoms with E-state index >= 15 is 0 Å². The molecule has 0 saturated carbocycles. The topological polar surface area (TPSA) is 87.8 Å². The number of halogens is 1. The molecule has 1 aromatic carbocycles. The third kappa shape index (κ3) is 3.11. The van der Waals surface area contributed by atoms with E-state index in [0.717, 1.165) is 29.7 Å². The first-order valence-electron chi connectivity index (χ1n) is 7.13. The van der Waals surface area contributed by atoms with Crippen LogP contribution < -0.4 is 4.72 Å². The van der Waals surface area contributed by atoms with Gasteiger partial charge in [0.2, 0.25) is 10.0 Å². The van der Waals surface area contributed by atoms with E-state index in [-0.39, 0.29) is 16.5 Å². The summed E-state index contributed by atoms with van der Waals surface area (Å²) in [5, 5.41) is 8.83. The summed E-state index contributed by atoms with van der Waals surface area (Å²) in [5.74, 6) is 0.217. The molecule has 3 rings (SSSR count). The number of imidazole rings is 1. The van der Waals surface area contributed by atoms with Crippen molar-refractivity contribution in [2.75, 3.05) is 0 Å². The lowest BCUT2D eigenvalue weighted by atomic mass is 10.1. The molecule has 2 heterocycles. The Morgan fingerprint density at radius 2 is 2.26 bits per heavy atom. The molecule has 2 aromatic rings. The van der Waals surface area contributed by atoms with E-state index in [4.69, 9.17) is 5.26 Å². The van der Waals surface area contributed by atoms with Crippen LogP contribution >= 0.6 is 0 Å². The predicted molar refractivity (Wildman–Crippen MR) is 80.5 cm³/mol. The number of aromatic nitrogens is 2. The zero-order valence-corrected chi connectivity index (χ0v) is 13.3. The van der Waals surface area contributed by atoms with E-state index in [1.54, 1.807) is 6.07 Å².